The van der Waals surface area contributed by atoms with Crippen molar-refractivity contribution in [2.75, 3.05) is 13.1 Å². The first-order chi connectivity index (χ1) is 12.0. The van der Waals surface area contributed by atoms with Crippen molar-refractivity contribution in [3.8, 4) is 5.88 Å². The SMILES string of the molecule is Cc1nc2sc([C@H](c3ccc(Br)cc3)N3CCC(O)CC3)c(O)n2n1. The van der Waals surface area contributed by atoms with Crippen LogP contribution in [0.5, 0.6) is 5.88 Å². The Morgan fingerprint density at radius 2 is 1.92 bits per heavy atom. The van der Waals surface area contributed by atoms with Crippen LogP contribution in [0.3, 0.4) is 0 Å². The van der Waals surface area contributed by atoms with Gasteiger partial charge in [0.15, 0.2) is 0 Å². The zero-order valence-corrected chi connectivity index (χ0v) is 16.2. The molecule has 0 spiro atoms. The van der Waals surface area contributed by atoms with Crippen LogP contribution in [0.25, 0.3) is 4.96 Å². The van der Waals surface area contributed by atoms with Gasteiger partial charge in [-0.15, -0.1) is 5.10 Å². The van der Waals surface area contributed by atoms with E-state index >= 15 is 0 Å². The minimum Gasteiger partial charge on any atom is -0.492 e. The topological polar surface area (TPSA) is 73.9 Å². The molecule has 1 atom stereocenters. The molecule has 0 aliphatic carbocycles. The molecule has 25 heavy (non-hydrogen) atoms. The highest BCUT2D eigenvalue weighted by Crippen LogP contribution is 2.41. The summed E-state index contributed by atoms with van der Waals surface area (Å²) in [5, 5.41) is 24.9. The number of nitrogens with zero attached hydrogens (tertiary/aromatic N) is 4. The first-order valence-electron chi connectivity index (χ1n) is 8.25. The fourth-order valence-electron chi connectivity index (χ4n) is 3.34. The lowest BCUT2D eigenvalue weighted by Crippen LogP contribution is -2.38. The maximum absolute atomic E-state index is 10.8. The second-order valence-corrected chi connectivity index (χ2v) is 8.29. The summed E-state index contributed by atoms with van der Waals surface area (Å²) in [5.41, 5.74) is 1.11. The number of fused-ring (bicyclic) bond motifs is 1. The van der Waals surface area contributed by atoms with E-state index in [4.69, 9.17) is 0 Å². The van der Waals surface area contributed by atoms with Crippen molar-refractivity contribution in [2.24, 2.45) is 0 Å². The molecule has 6 nitrogen and oxygen atoms in total. The van der Waals surface area contributed by atoms with Crippen LogP contribution in [0.4, 0.5) is 0 Å². The van der Waals surface area contributed by atoms with E-state index in [-0.39, 0.29) is 18.0 Å². The van der Waals surface area contributed by atoms with E-state index in [9.17, 15) is 10.2 Å². The van der Waals surface area contributed by atoms with E-state index in [0.29, 0.717) is 10.8 Å². The molecule has 0 bridgehead atoms. The summed E-state index contributed by atoms with van der Waals surface area (Å²) in [6.07, 6.45) is 1.25. The van der Waals surface area contributed by atoms with Crippen LogP contribution in [0.15, 0.2) is 28.7 Å². The van der Waals surface area contributed by atoms with Crippen LogP contribution in [0.1, 0.15) is 35.1 Å². The first kappa shape index (κ1) is 17.0. The molecule has 0 radical (unpaired) electrons. The van der Waals surface area contributed by atoms with E-state index in [1.807, 2.05) is 19.1 Å². The Morgan fingerprint density at radius 1 is 1.24 bits per heavy atom. The number of piperidine rings is 1. The maximum atomic E-state index is 10.8. The van der Waals surface area contributed by atoms with Crippen molar-refractivity contribution >= 4 is 32.2 Å². The largest absolute Gasteiger partial charge is 0.492 e. The van der Waals surface area contributed by atoms with Crippen LogP contribution < -0.4 is 0 Å². The minimum atomic E-state index is -0.236. The van der Waals surface area contributed by atoms with Crippen molar-refractivity contribution in [1.82, 2.24) is 19.5 Å². The van der Waals surface area contributed by atoms with Crippen molar-refractivity contribution in [3.05, 3.63) is 45.0 Å². The molecule has 4 rings (SSSR count). The van der Waals surface area contributed by atoms with Crippen LogP contribution in [0.2, 0.25) is 0 Å². The number of hydrogen-bond acceptors (Lipinski definition) is 6. The Kier molecular flexibility index (Phi) is 4.53. The number of rotatable bonds is 3. The van der Waals surface area contributed by atoms with Gasteiger partial charge in [-0.1, -0.05) is 39.4 Å². The van der Waals surface area contributed by atoms with Crippen molar-refractivity contribution < 1.29 is 10.2 Å². The predicted molar refractivity (Wildman–Crippen MR) is 100 cm³/mol. The molecule has 8 heteroatoms. The van der Waals surface area contributed by atoms with E-state index in [0.717, 1.165) is 40.8 Å². The average Bonchev–Trinajstić information content (AvgIpc) is 3.09. The number of likely N-dealkylation sites (tertiary alicyclic amines) is 1. The number of halogens is 1. The summed E-state index contributed by atoms with van der Waals surface area (Å²) < 4.78 is 2.53. The molecular weight excluding hydrogens is 404 g/mol. The molecule has 1 aliphatic rings. The third-order valence-electron chi connectivity index (χ3n) is 4.60. The quantitative estimate of drug-likeness (QED) is 0.677. The molecule has 1 aromatic carbocycles. The predicted octanol–water partition coefficient (Wildman–Crippen LogP) is 3.11. The number of thiazole rings is 1. The molecule has 1 saturated heterocycles. The smallest absolute Gasteiger partial charge is 0.230 e. The molecule has 1 fully saturated rings. The summed E-state index contributed by atoms with van der Waals surface area (Å²) in [4.78, 5) is 8.24. The van der Waals surface area contributed by atoms with Crippen LogP contribution in [-0.2, 0) is 0 Å². The molecule has 2 aromatic heterocycles. The number of benzene rings is 1. The second-order valence-electron chi connectivity index (χ2n) is 6.36. The number of aliphatic hydroxyl groups is 1. The Hall–Kier alpha value is -1.48. The zero-order valence-electron chi connectivity index (χ0n) is 13.8. The lowest BCUT2D eigenvalue weighted by atomic mass is 9.99. The van der Waals surface area contributed by atoms with E-state index in [1.165, 1.54) is 15.9 Å². The van der Waals surface area contributed by atoms with Gasteiger partial charge in [-0.05, 0) is 37.5 Å². The highest BCUT2D eigenvalue weighted by atomic mass is 79.9. The molecule has 0 amide bonds. The standard InChI is InChI=1S/C17H19BrN4O2S/c1-10-19-17-22(20-10)16(24)15(25-17)14(11-2-4-12(18)5-3-11)21-8-6-13(23)7-9-21/h2-5,13-14,23-24H,6-9H2,1H3/t14-/m0/s1. The summed E-state index contributed by atoms with van der Waals surface area (Å²) in [5.74, 6) is 0.800. The Labute approximate surface area is 157 Å². The minimum absolute atomic E-state index is 0.0746. The normalized spacial score (nSPS) is 18.0. The lowest BCUT2D eigenvalue weighted by Gasteiger charge is -2.36. The third-order valence-corrected chi connectivity index (χ3v) is 6.21. The molecule has 0 saturated carbocycles. The first-order valence-corrected chi connectivity index (χ1v) is 9.86. The summed E-state index contributed by atoms with van der Waals surface area (Å²) in [6, 6.07) is 8.09. The third kappa shape index (κ3) is 3.19. The number of hydrogen-bond donors (Lipinski definition) is 2. The maximum Gasteiger partial charge on any atom is 0.230 e. The number of aromatic nitrogens is 3. The van der Waals surface area contributed by atoms with Crippen LogP contribution in [0, 0.1) is 6.92 Å². The molecular formula is C17H19BrN4O2S. The molecule has 1 aliphatic heterocycles. The number of aliphatic hydroxyl groups excluding tert-OH is 1. The molecule has 132 valence electrons. The van der Waals surface area contributed by atoms with Crippen molar-refractivity contribution in [2.45, 2.75) is 31.9 Å². The van der Waals surface area contributed by atoms with E-state index in [2.05, 4.69) is 43.0 Å². The number of aromatic hydroxyl groups is 1. The summed E-state index contributed by atoms with van der Waals surface area (Å²) >= 11 is 4.95. The Morgan fingerprint density at radius 3 is 2.56 bits per heavy atom. The Balaban J connectivity index is 1.79. The lowest BCUT2D eigenvalue weighted by molar-refractivity contribution is 0.0689. The molecule has 0 unspecified atom stereocenters. The van der Waals surface area contributed by atoms with Gasteiger partial charge in [0.1, 0.15) is 5.82 Å². The van der Waals surface area contributed by atoms with Crippen LogP contribution >= 0.6 is 27.3 Å². The van der Waals surface area contributed by atoms with Crippen molar-refractivity contribution in [1.29, 1.82) is 0 Å². The van der Waals surface area contributed by atoms with Gasteiger partial charge < -0.3 is 10.2 Å². The van der Waals surface area contributed by atoms with Gasteiger partial charge in [0.05, 0.1) is 17.0 Å². The fourth-order valence-corrected chi connectivity index (χ4v) is 4.77. The zero-order chi connectivity index (χ0) is 17.6. The van der Waals surface area contributed by atoms with E-state index < -0.39 is 0 Å². The summed E-state index contributed by atoms with van der Waals surface area (Å²) in [7, 11) is 0. The average molecular weight is 423 g/mol. The Bertz CT molecular complexity index is 884. The highest BCUT2D eigenvalue weighted by molar-refractivity contribution is 9.10. The van der Waals surface area contributed by atoms with Gasteiger partial charge in [0.25, 0.3) is 0 Å². The second kappa shape index (κ2) is 6.68. The van der Waals surface area contributed by atoms with Gasteiger partial charge >= 0.3 is 0 Å². The summed E-state index contributed by atoms with van der Waals surface area (Å²) in [6.45, 7) is 3.39. The molecule has 2 N–H and O–H groups in total. The molecule has 3 heterocycles. The van der Waals surface area contributed by atoms with Gasteiger partial charge in [-0.25, -0.2) is 4.98 Å². The number of aryl methyl sites for hydroxylation is 1. The van der Waals surface area contributed by atoms with Gasteiger partial charge in [0, 0.05) is 17.6 Å². The highest BCUT2D eigenvalue weighted by Gasteiger charge is 2.31. The molecule has 3 aromatic rings. The van der Waals surface area contributed by atoms with Gasteiger partial charge in [-0.3, -0.25) is 4.90 Å². The van der Waals surface area contributed by atoms with Gasteiger partial charge in [0.2, 0.25) is 10.8 Å². The van der Waals surface area contributed by atoms with Gasteiger partial charge in [-0.2, -0.15) is 4.52 Å². The fraction of sp³-hybridized carbons (Fsp3) is 0.412. The van der Waals surface area contributed by atoms with E-state index in [1.54, 1.807) is 0 Å². The monoisotopic (exact) mass is 422 g/mol. The van der Waals surface area contributed by atoms with Crippen LogP contribution in [-0.4, -0.2) is 48.9 Å². The van der Waals surface area contributed by atoms with Crippen molar-refractivity contribution in [3.63, 3.8) is 0 Å².